The Morgan fingerprint density at radius 2 is 1.89 bits per heavy atom. The van der Waals surface area contributed by atoms with Crippen LogP contribution in [0.4, 0.5) is 22.9 Å². The second-order valence-electron chi connectivity index (χ2n) is 8.78. The molecule has 0 amide bonds. The first-order valence-corrected chi connectivity index (χ1v) is 11.7. The van der Waals surface area contributed by atoms with Crippen LogP contribution in [0.15, 0.2) is 72.2 Å². The number of nitrogens with one attached hydrogen (secondary N) is 1. The number of benzene rings is 2. The fraction of sp³-hybridized carbons (Fsp3) is 0.222. The van der Waals surface area contributed by atoms with Crippen molar-refractivity contribution in [2.24, 2.45) is 10.7 Å². The minimum absolute atomic E-state index is 0.376. The minimum atomic E-state index is -0.376. The molecule has 0 saturated carbocycles. The standard InChI is InChI=1S/C27H30N8/c1-18-5-3-7-22(26(29)21-6-4-8-24(28)23(21)15-30-2)27(18)33-19-9-10-25(32-13-19)34-11-12-35-17-31-14-20(35)16-34/h3-10,13-15,17,26,33H,11-12,16,28-29H2,1-2H3. The van der Waals surface area contributed by atoms with E-state index in [0.29, 0.717) is 5.69 Å². The monoisotopic (exact) mass is 466 g/mol. The molecule has 2 aromatic carbocycles. The summed E-state index contributed by atoms with van der Waals surface area (Å²) >= 11 is 0. The molecule has 0 spiro atoms. The zero-order chi connectivity index (χ0) is 24.4. The molecular formula is C27H30N8. The predicted molar refractivity (Wildman–Crippen MR) is 142 cm³/mol. The third-order valence-electron chi connectivity index (χ3n) is 6.51. The third kappa shape index (κ3) is 4.48. The van der Waals surface area contributed by atoms with Crippen molar-refractivity contribution in [3.05, 3.63) is 95.2 Å². The lowest BCUT2D eigenvalue weighted by Crippen LogP contribution is -2.33. The van der Waals surface area contributed by atoms with Gasteiger partial charge in [-0.2, -0.15) is 0 Å². The molecule has 1 aliphatic rings. The summed E-state index contributed by atoms with van der Waals surface area (Å²) in [7, 11) is 1.73. The summed E-state index contributed by atoms with van der Waals surface area (Å²) in [4.78, 5) is 15.4. The molecule has 5 rings (SSSR count). The molecule has 178 valence electrons. The van der Waals surface area contributed by atoms with Gasteiger partial charge in [0.25, 0.3) is 0 Å². The summed E-state index contributed by atoms with van der Waals surface area (Å²) in [5.74, 6) is 0.952. The van der Waals surface area contributed by atoms with Crippen molar-refractivity contribution in [2.45, 2.75) is 26.1 Å². The molecule has 0 aliphatic carbocycles. The van der Waals surface area contributed by atoms with Crippen molar-refractivity contribution < 1.29 is 0 Å². The van der Waals surface area contributed by atoms with E-state index in [4.69, 9.17) is 16.5 Å². The van der Waals surface area contributed by atoms with Gasteiger partial charge in [0.2, 0.25) is 0 Å². The molecule has 0 radical (unpaired) electrons. The molecular weight excluding hydrogens is 436 g/mol. The maximum atomic E-state index is 6.80. The molecule has 5 N–H and O–H groups in total. The van der Waals surface area contributed by atoms with Gasteiger partial charge in [-0.3, -0.25) is 4.99 Å². The summed E-state index contributed by atoms with van der Waals surface area (Å²) in [6.45, 7) is 4.70. The van der Waals surface area contributed by atoms with Crippen LogP contribution in [0.3, 0.4) is 0 Å². The molecule has 3 heterocycles. The quantitative estimate of drug-likeness (QED) is 0.292. The number of pyridine rings is 1. The van der Waals surface area contributed by atoms with Crippen molar-refractivity contribution in [3.8, 4) is 0 Å². The normalized spacial score (nSPS) is 14.2. The molecule has 8 heteroatoms. The molecule has 1 aliphatic heterocycles. The largest absolute Gasteiger partial charge is 0.398 e. The van der Waals surface area contributed by atoms with E-state index in [1.54, 1.807) is 13.3 Å². The van der Waals surface area contributed by atoms with Crippen LogP contribution in [0.25, 0.3) is 0 Å². The number of imidazole rings is 1. The number of para-hydroxylation sites is 1. The number of aliphatic imine (C=N–C) groups is 1. The van der Waals surface area contributed by atoms with E-state index in [-0.39, 0.29) is 6.04 Å². The first-order valence-electron chi connectivity index (χ1n) is 11.7. The lowest BCUT2D eigenvalue weighted by atomic mass is 9.92. The summed E-state index contributed by atoms with van der Waals surface area (Å²) in [6.07, 6.45) is 7.45. The minimum Gasteiger partial charge on any atom is -0.398 e. The highest BCUT2D eigenvalue weighted by molar-refractivity contribution is 5.89. The van der Waals surface area contributed by atoms with Gasteiger partial charge in [-0.15, -0.1) is 0 Å². The van der Waals surface area contributed by atoms with Gasteiger partial charge in [0.15, 0.2) is 0 Å². The van der Waals surface area contributed by atoms with Crippen LogP contribution in [-0.2, 0) is 13.1 Å². The van der Waals surface area contributed by atoms with Crippen molar-refractivity contribution in [2.75, 3.05) is 29.5 Å². The molecule has 0 saturated heterocycles. The zero-order valence-corrected chi connectivity index (χ0v) is 20.0. The number of hydrogen-bond donors (Lipinski definition) is 3. The van der Waals surface area contributed by atoms with Gasteiger partial charge in [0, 0.05) is 49.5 Å². The molecule has 0 bridgehead atoms. The highest BCUT2D eigenvalue weighted by Crippen LogP contribution is 2.34. The van der Waals surface area contributed by atoms with Crippen molar-refractivity contribution >= 4 is 29.1 Å². The predicted octanol–water partition coefficient (Wildman–Crippen LogP) is 4.03. The van der Waals surface area contributed by atoms with Gasteiger partial charge >= 0.3 is 0 Å². The number of aryl methyl sites for hydroxylation is 1. The zero-order valence-electron chi connectivity index (χ0n) is 20.0. The average molecular weight is 467 g/mol. The molecule has 4 aromatic rings. The molecule has 1 atom stereocenters. The van der Waals surface area contributed by atoms with E-state index >= 15 is 0 Å². The smallest absolute Gasteiger partial charge is 0.129 e. The Bertz CT molecular complexity index is 1360. The van der Waals surface area contributed by atoms with E-state index in [1.165, 1.54) is 5.69 Å². The van der Waals surface area contributed by atoms with Crippen LogP contribution in [0.2, 0.25) is 0 Å². The second kappa shape index (κ2) is 9.60. The number of rotatable bonds is 6. The van der Waals surface area contributed by atoms with Crippen LogP contribution in [0, 0.1) is 6.92 Å². The first-order chi connectivity index (χ1) is 17.0. The van der Waals surface area contributed by atoms with Crippen molar-refractivity contribution in [1.29, 1.82) is 0 Å². The number of anilines is 4. The number of fused-ring (bicyclic) bond motifs is 1. The van der Waals surface area contributed by atoms with Crippen molar-refractivity contribution in [3.63, 3.8) is 0 Å². The maximum absolute atomic E-state index is 6.80. The Balaban J connectivity index is 1.41. The highest BCUT2D eigenvalue weighted by atomic mass is 15.3. The second-order valence-corrected chi connectivity index (χ2v) is 8.78. The topological polar surface area (TPSA) is 110 Å². The lowest BCUT2D eigenvalue weighted by Gasteiger charge is -2.29. The van der Waals surface area contributed by atoms with E-state index in [2.05, 4.69) is 55.9 Å². The fourth-order valence-corrected chi connectivity index (χ4v) is 4.61. The van der Waals surface area contributed by atoms with E-state index in [1.807, 2.05) is 43.0 Å². The first kappa shape index (κ1) is 22.6. The van der Waals surface area contributed by atoms with Crippen molar-refractivity contribution in [1.82, 2.24) is 14.5 Å². The Morgan fingerprint density at radius 3 is 2.69 bits per heavy atom. The number of hydrogen-bond acceptors (Lipinski definition) is 7. The average Bonchev–Trinajstić information content (AvgIpc) is 3.35. The van der Waals surface area contributed by atoms with E-state index in [0.717, 1.165) is 59.1 Å². The molecule has 8 nitrogen and oxygen atoms in total. The Hall–Kier alpha value is -4.17. The van der Waals surface area contributed by atoms with Gasteiger partial charge < -0.3 is 26.3 Å². The van der Waals surface area contributed by atoms with Crippen LogP contribution >= 0.6 is 0 Å². The van der Waals surface area contributed by atoms with Crippen LogP contribution in [-0.4, -0.2) is 34.3 Å². The molecule has 35 heavy (non-hydrogen) atoms. The summed E-state index contributed by atoms with van der Waals surface area (Å²) in [6, 6.07) is 15.7. The lowest BCUT2D eigenvalue weighted by molar-refractivity contribution is 0.567. The number of aromatic nitrogens is 3. The third-order valence-corrected chi connectivity index (χ3v) is 6.51. The summed E-state index contributed by atoms with van der Waals surface area (Å²) in [5.41, 5.74) is 20.6. The summed E-state index contributed by atoms with van der Waals surface area (Å²) < 4.78 is 2.19. The van der Waals surface area contributed by atoms with E-state index < -0.39 is 0 Å². The number of nitrogen functional groups attached to an aromatic ring is 1. The fourth-order valence-electron chi connectivity index (χ4n) is 4.61. The van der Waals surface area contributed by atoms with Gasteiger partial charge in [0.05, 0.1) is 36.5 Å². The number of nitrogens with zero attached hydrogens (tertiary/aromatic N) is 5. The Labute approximate surface area is 205 Å². The Kier molecular flexibility index (Phi) is 6.20. The SMILES string of the molecule is CN=Cc1c(N)cccc1C(N)c1cccc(C)c1Nc1ccc(N2CCn3cncc3C2)nc1. The Morgan fingerprint density at radius 1 is 1.06 bits per heavy atom. The van der Waals surface area contributed by atoms with E-state index in [9.17, 15) is 0 Å². The van der Waals surface area contributed by atoms with Crippen LogP contribution in [0.1, 0.15) is 34.0 Å². The van der Waals surface area contributed by atoms with Gasteiger partial charge in [-0.05, 0) is 41.8 Å². The van der Waals surface area contributed by atoms with Crippen LogP contribution < -0.4 is 21.7 Å². The van der Waals surface area contributed by atoms with Gasteiger partial charge in [0.1, 0.15) is 5.82 Å². The molecule has 0 fully saturated rings. The van der Waals surface area contributed by atoms with Gasteiger partial charge in [-0.25, -0.2) is 9.97 Å². The maximum Gasteiger partial charge on any atom is 0.129 e. The summed E-state index contributed by atoms with van der Waals surface area (Å²) in [5, 5.41) is 3.56. The van der Waals surface area contributed by atoms with Crippen LogP contribution in [0.5, 0.6) is 0 Å². The highest BCUT2D eigenvalue weighted by Gasteiger charge is 2.20. The van der Waals surface area contributed by atoms with Gasteiger partial charge in [-0.1, -0.05) is 30.3 Å². The molecule has 2 aromatic heterocycles. The molecule has 1 unspecified atom stereocenters. The number of nitrogens with two attached hydrogens (primary N) is 2.